The molecule has 2 saturated carbocycles. The summed E-state index contributed by atoms with van der Waals surface area (Å²) in [5.41, 5.74) is 6.84. The van der Waals surface area contributed by atoms with E-state index >= 15 is 0 Å². The largest absolute Gasteiger partial charge is 0.489 e. The number of nitrogens with one attached hydrogen (secondary N) is 1. The number of benzene rings is 1. The van der Waals surface area contributed by atoms with Gasteiger partial charge in [0.1, 0.15) is 17.7 Å². The van der Waals surface area contributed by atoms with Crippen LogP contribution >= 0.6 is 15.9 Å². The van der Waals surface area contributed by atoms with Crippen molar-refractivity contribution in [2.45, 2.75) is 46.1 Å². The van der Waals surface area contributed by atoms with Crippen molar-refractivity contribution in [1.82, 2.24) is 0 Å². The predicted octanol–water partition coefficient (Wildman–Crippen LogP) is 4.33. The monoisotopic (exact) mass is 350 g/mol. The molecule has 0 spiro atoms. The Morgan fingerprint density at radius 2 is 2.10 bits per heavy atom. The maximum absolute atomic E-state index is 7.49. The maximum Gasteiger partial charge on any atom is 0.133 e. The van der Waals surface area contributed by atoms with Gasteiger partial charge in [0.25, 0.3) is 0 Å². The molecule has 3 unspecified atom stereocenters. The summed E-state index contributed by atoms with van der Waals surface area (Å²) < 4.78 is 7.23. The maximum atomic E-state index is 7.49. The minimum Gasteiger partial charge on any atom is -0.489 e. The van der Waals surface area contributed by atoms with Crippen molar-refractivity contribution in [2.75, 3.05) is 0 Å². The van der Waals surface area contributed by atoms with Crippen LogP contribution in [-0.4, -0.2) is 11.9 Å². The van der Waals surface area contributed by atoms with E-state index in [0.29, 0.717) is 11.0 Å². The topological polar surface area (TPSA) is 59.1 Å². The van der Waals surface area contributed by atoms with Crippen LogP contribution in [0.2, 0.25) is 0 Å². The van der Waals surface area contributed by atoms with Crippen LogP contribution in [0.3, 0.4) is 0 Å². The number of fused-ring (bicyclic) bond motifs is 2. The highest BCUT2D eigenvalue weighted by atomic mass is 79.9. The molecule has 3 N–H and O–H groups in total. The number of hydrogen-bond acceptors (Lipinski definition) is 2. The van der Waals surface area contributed by atoms with Crippen LogP contribution in [-0.2, 0) is 0 Å². The van der Waals surface area contributed by atoms with Crippen LogP contribution in [0, 0.1) is 22.2 Å². The highest BCUT2D eigenvalue weighted by Crippen LogP contribution is 2.66. The number of hydrogen-bond donors (Lipinski definition) is 2. The zero-order valence-corrected chi connectivity index (χ0v) is 14.5. The van der Waals surface area contributed by atoms with E-state index in [1.165, 1.54) is 12.8 Å². The third kappa shape index (κ3) is 2.10. The van der Waals surface area contributed by atoms with E-state index in [-0.39, 0.29) is 17.4 Å². The van der Waals surface area contributed by atoms with Crippen LogP contribution in [0.15, 0.2) is 22.7 Å². The summed E-state index contributed by atoms with van der Waals surface area (Å²) in [5.74, 6) is 1.70. The number of nitrogens with two attached hydrogens (primary N) is 1. The van der Waals surface area contributed by atoms with Crippen molar-refractivity contribution in [2.24, 2.45) is 22.5 Å². The fourth-order valence-corrected chi connectivity index (χ4v) is 4.70. The van der Waals surface area contributed by atoms with Crippen LogP contribution in [0.25, 0.3) is 0 Å². The smallest absolute Gasteiger partial charge is 0.133 e. The van der Waals surface area contributed by atoms with Gasteiger partial charge in [-0.05, 0) is 64.7 Å². The molecule has 21 heavy (non-hydrogen) atoms. The molecule has 2 fully saturated rings. The Bertz CT molecular complexity index is 598. The summed E-state index contributed by atoms with van der Waals surface area (Å²) in [6.07, 6.45) is 3.99. The van der Waals surface area contributed by atoms with Crippen LogP contribution in [0.4, 0.5) is 0 Å². The van der Waals surface area contributed by atoms with Crippen LogP contribution in [0.1, 0.15) is 45.6 Å². The third-order valence-corrected chi connectivity index (χ3v) is 6.85. The molecule has 3 nitrogen and oxygen atoms in total. The second kappa shape index (κ2) is 4.73. The molecule has 0 heterocycles. The van der Waals surface area contributed by atoms with E-state index in [4.69, 9.17) is 15.9 Å². The zero-order chi connectivity index (χ0) is 15.4. The van der Waals surface area contributed by atoms with E-state index in [1.807, 2.05) is 18.2 Å². The van der Waals surface area contributed by atoms with Gasteiger partial charge in [0.2, 0.25) is 0 Å². The van der Waals surface area contributed by atoms with Gasteiger partial charge >= 0.3 is 0 Å². The van der Waals surface area contributed by atoms with Gasteiger partial charge in [-0.25, -0.2) is 0 Å². The molecule has 3 atom stereocenters. The van der Waals surface area contributed by atoms with E-state index in [2.05, 4.69) is 36.7 Å². The molecule has 3 rings (SSSR count). The van der Waals surface area contributed by atoms with E-state index in [1.54, 1.807) is 0 Å². The lowest BCUT2D eigenvalue weighted by Crippen LogP contribution is -2.38. The molecule has 0 aromatic heterocycles. The lowest BCUT2D eigenvalue weighted by molar-refractivity contribution is 0.0297. The Kier molecular flexibility index (Phi) is 3.36. The summed E-state index contributed by atoms with van der Waals surface area (Å²) in [5, 5.41) is 7.49. The lowest BCUT2D eigenvalue weighted by atomic mass is 9.70. The van der Waals surface area contributed by atoms with Gasteiger partial charge in [-0.1, -0.05) is 20.8 Å². The quantitative estimate of drug-likeness (QED) is 0.629. The lowest BCUT2D eigenvalue weighted by Gasteiger charge is -2.39. The summed E-state index contributed by atoms with van der Waals surface area (Å²) in [6.45, 7) is 7.16. The summed E-state index contributed by atoms with van der Waals surface area (Å²) in [6, 6.07) is 5.63. The van der Waals surface area contributed by atoms with Crippen molar-refractivity contribution >= 4 is 21.8 Å². The Balaban J connectivity index is 1.84. The second-order valence-electron chi connectivity index (χ2n) is 7.28. The summed E-state index contributed by atoms with van der Waals surface area (Å²) >= 11 is 3.54. The Morgan fingerprint density at radius 3 is 2.57 bits per heavy atom. The van der Waals surface area contributed by atoms with E-state index < -0.39 is 0 Å². The number of nitrogen functional groups attached to an aromatic ring is 1. The van der Waals surface area contributed by atoms with Gasteiger partial charge in [0.15, 0.2) is 0 Å². The molecule has 0 saturated heterocycles. The Labute approximate surface area is 134 Å². The Hall–Kier alpha value is -1.03. The molecule has 0 radical (unpaired) electrons. The normalized spacial score (nSPS) is 33.1. The van der Waals surface area contributed by atoms with Gasteiger partial charge in [-0.15, -0.1) is 0 Å². The molecule has 4 heteroatoms. The minimum atomic E-state index is 0.0790. The molecule has 114 valence electrons. The molecule has 1 aromatic carbocycles. The van der Waals surface area contributed by atoms with Crippen molar-refractivity contribution in [3.8, 4) is 5.75 Å². The first-order valence-corrected chi connectivity index (χ1v) is 8.35. The minimum absolute atomic E-state index is 0.0790. The van der Waals surface area contributed by atoms with Gasteiger partial charge in [0, 0.05) is 11.0 Å². The zero-order valence-electron chi connectivity index (χ0n) is 12.9. The van der Waals surface area contributed by atoms with E-state index in [9.17, 15) is 0 Å². The van der Waals surface area contributed by atoms with Gasteiger partial charge in [-0.2, -0.15) is 0 Å². The van der Waals surface area contributed by atoms with Crippen molar-refractivity contribution in [3.63, 3.8) is 0 Å². The second-order valence-corrected chi connectivity index (χ2v) is 8.13. The highest BCUT2D eigenvalue weighted by Gasteiger charge is 2.62. The number of ether oxygens (including phenoxy) is 1. The summed E-state index contributed by atoms with van der Waals surface area (Å²) in [4.78, 5) is 0. The average molecular weight is 351 g/mol. The number of rotatable bonds is 3. The van der Waals surface area contributed by atoms with Crippen LogP contribution in [0.5, 0.6) is 5.75 Å². The summed E-state index contributed by atoms with van der Waals surface area (Å²) in [7, 11) is 0. The molecule has 2 aliphatic carbocycles. The first kappa shape index (κ1) is 14.9. The van der Waals surface area contributed by atoms with Gasteiger partial charge in [-0.3, -0.25) is 5.41 Å². The average Bonchev–Trinajstić information content (AvgIpc) is 2.74. The fraction of sp³-hybridized carbons (Fsp3) is 0.588. The molecule has 2 aliphatic rings. The standard InChI is InChI=1S/C17H23BrN2O/c1-16(2)11-6-7-17(16,3)14(9-11)21-13-5-4-10(15(19)20)8-12(13)18/h4-5,8,11,14H,6-7,9H2,1-3H3,(H3,19,20). The molecular weight excluding hydrogens is 328 g/mol. The first-order chi connectivity index (χ1) is 9.75. The van der Waals surface area contributed by atoms with Gasteiger partial charge < -0.3 is 10.5 Å². The fourth-order valence-electron chi connectivity index (χ4n) is 4.23. The molecule has 2 bridgehead atoms. The van der Waals surface area contributed by atoms with Crippen molar-refractivity contribution < 1.29 is 4.74 Å². The predicted molar refractivity (Wildman–Crippen MR) is 88.8 cm³/mol. The highest BCUT2D eigenvalue weighted by molar-refractivity contribution is 9.10. The molecule has 0 aliphatic heterocycles. The number of amidine groups is 1. The van der Waals surface area contributed by atoms with Crippen molar-refractivity contribution in [3.05, 3.63) is 28.2 Å². The SMILES string of the molecule is CC1(C)C2CCC1(C)C(Oc1ccc(C(=N)N)cc1Br)C2. The molecule has 0 amide bonds. The molecular formula is C17H23BrN2O. The third-order valence-electron chi connectivity index (χ3n) is 6.23. The Morgan fingerprint density at radius 1 is 1.38 bits per heavy atom. The van der Waals surface area contributed by atoms with Gasteiger partial charge in [0.05, 0.1) is 4.47 Å². The first-order valence-electron chi connectivity index (χ1n) is 7.56. The molecule has 1 aromatic rings. The number of halogens is 1. The van der Waals surface area contributed by atoms with E-state index in [0.717, 1.165) is 22.6 Å². The van der Waals surface area contributed by atoms with Crippen LogP contribution < -0.4 is 10.5 Å². The van der Waals surface area contributed by atoms with Crippen molar-refractivity contribution in [1.29, 1.82) is 5.41 Å².